The van der Waals surface area contributed by atoms with E-state index in [0.29, 0.717) is 5.75 Å². The van der Waals surface area contributed by atoms with Crippen LogP contribution in [0, 0.1) is 13.8 Å². The minimum absolute atomic E-state index is 0.157. The number of amides is 1. The summed E-state index contributed by atoms with van der Waals surface area (Å²) in [6.45, 7) is 5.74. The van der Waals surface area contributed by atoms with E-state index in [-0.39, 0.29) is 5.91 Å². The number of aryl methyl sites for hydroxylation is 2. The van der Waals surface area contributed by atoms with Gasteiger partial charge in [0.2, 0.25) is 0 Å². The largest absolute Gasteiger partial charge is 0.481 e. The molecule has 0 unspecified atom stereocenters. The van der Waals surface area contributed by atoms with Crippen molar-refractivity contribution in [2.45, 2.75) is 26.9 Å². The molecule has 1 N–H and O–H groups in total. The summed E-state index contributed by atoms with van der Waals surface area (Å²) in [5, 5.41) is 2.84. The molecule has 0 aliphatic heterocycles. The summed E-state index contributed by atoms with van der Waals surface area (Å²) in [5.74, 6) is 0.548. The van der Waals surface area contributed by atoms with Gasteiger partial charge in [0.1, 0.15) is 5.75 Å². The third-order valence-electron chi connectivity index (χ3n) is 2.99. The Morgan fingerprint density at radius 1 is 1.05 bits per heavy atom. The van der Waals surface area contributed by atoms with Crippen molar-refractivity contribution in [1.82, 2.24) is 0 Å². The zero-order valence-electron chi connectivity index (χ0n) is 12.0. The van der Waals surface area contributed by atoms with Crippen molar-refractivity contribution >= 4 is 11.6 Å². The summed E-state index contributed by atoms with van der Waals surface area (Å²) in [4.78, 5) is 12.1. The average molecular weight is 269 g/mol. The van der Waals surface area contributed by atoms with Crippen LogP contribution >= 0.6 is 0 Å². The summed E-state index contributed by atoms with van der Waals surface area (Å²) in [6.07, 6.45) is -0.543. The van der Waals surface area contributed by atoms with Gasteiger partial charge in [0.15, 0.2) is 6.10 Å². The number of benzene rings is 2. The molecule has 0 aliphatic rings. The standard InChI is InChI=1S/C17H19NO2/c1-12-7-9-15(10-8-12)18-17(19)14(3)20-16-6-4-5-13(2)11-16/h4-11,14H,1-3H3,(H,18,19)/t14-/m1/s1. The van der Waals surface area contributed by atoms with E-state index in [9.17, 15) is 4.79 Å². The number of carbonyl (C=O) groups is 1. The molecule has 3 heteroatoms. The molecule has 0 aromatic heterocycles. The molecule has 0 radical (unpaired) electrons. The highest BCUT2D eigenvalue weighted by Crippen LogP contribution is 2.15. The summed E-state index contributed by atoms with van der Waals surface area (Å²) in [7, 11) is 0. The highest BCUT2D eigenvalue weighted by atomic mass is 16.5. The van der Waals surface area contributed by atoms with E-state index < -0.39 is 6.10 Å². The van der Waals surface area contributed by atoms with E-state index in [2.05, 4.69) is 5.32 Å². The van der Waals surface area contributed by atoms with Crippen LogP contribution in [0.3, 0.4) is 0 Å². The fourth-order valence-corrected chi connectivity index (χ4v) is 1.83. The predicted octanol–water partition coefficient (Wildman–Crippen LogP) is 3.71. The van der Waals surface area contributed by atoms with E-state index >= 15 is 0 Å². The molecule has 0 aliphatic carbocycles. The monoisotopic (exact) mass is 269 g/mol. The van der Waals surface area contributed by atoms with Crippen LogP contribution in [-0.2, 0) is 4.79 Å². The van der Waals surface area contributed by atoms with E-state index in [0.717, 1.165) is 16.8 Å². The Hall–Kier alpha value is -2.29. The number of ether oxygens (including phenoxy) is 1. The second-order valence-corrected chi connectivity index (χ2v) is 4.93. The molecule has 2 aromatic carbocycles. The smallest absolute Gasteiger partial charge is 0.265 e. The molecule has 0 spiro atoms. The van der Waals surface area contributed by atoms with Gasteiger partial charge in [-0.2, -0.15) is 0 Å². The Bertz CT molecular complexity index is 590. The van der Waals surface area contributed by atoms with Gasteiger partial charge >= 0.3 is 0 Å². The highest BCUT2D eigenvalue weighted by molar-refractivity contribution is 5.94. The van der Waals surface area contributed by atoms with E-state index in [1.165, 1.54) is 0 Å². The van der Waals surface area contributed by atoms with Crippen molar-refractivity contribution < 1.29 is 9.53 Å². The van der Waals surface area contributed by atoms with Crippen LogP contribution in [0.2, 0.25) is 0 Å². The van der Waals surface area contributed by atoms with Gasteiger partial charge in [-0.25, -0.2) is 0 Å². The van der Waals surface area contributed by atoms with Crippen molar-refractivity contribution in [1.29, 1.82) is 0 Å². The SMILES string of the molecule is Cc1ccc(NC(=O)[C@@H](C)Oc2cccc(C)c2)cc1. The quantitative estimate of drug-likeness (QED) is 0.919. The number of hydrogen-bond acceptors (Lipinski definition) is 2. The molecule has 1 amide bonds. The van der Waals surface area contributed by atoms with Crippen molar-refractivity contribution in [2.24, 2.45) is 0 Å². The van der Waals surface area contributed by atoms with E-state index in [1.54, 1.807) is 6.92 Å². The topological polar surface area (TPSA) is 38.3 Å². The number of anilines is 1. The molecule has 104 valence electrons. The third-order valence-corrected chi connectivity index (χ3v) is 2.99. The molecule has 0 heterocycles. The van der Waals surface area contributed by atoms with Gasteiger partial charge in [-0.05, 0) is 50.6 Å². The molecule has 0 saturated carbocycles. The molecular weight excluding hydrogens is 250 g/mol. The van der Waals surface area contributed by atoms with Crippen LogP contribution in [0.1, 0.15) is 18.1 Å². The molecule has 20 heavy (non-hydrogen) atoms. The van der Waals surface area contributed by atoms with Crippen molar-refractivity contribution in [3.8, 4) is 5.75 Å². The molecule has 2 rings (SSSR count). The average Bonchev–Trinajstić information content (AvgIpc) is 2.41. The minimum atomic E-state index is -0.543. The molecule has 0 fully saturated rings. The predicted molar refractivity (Wildman–Crippen MR) is 81.1 cm³/mol. The Labute approximate surface area is 119 Å². The van der Waals surface area contributed by atoms with Gasteiger partial charge in [-0.1, -0.05) is 29.8 Å². The van der Waals surface area contributed by atoms with Crippen LogP contribution in [0.4, 0.5) is 5.69 Å². The van der Waals surface area contributed by atoms with Gasteiger partial charge < -0.3 is 10.1 Å². The second-order valence-electron chi connectivity index (χ2n) is 4.93. The highest BCUT2D eigenvalue weighted by Gasteiger charge is 2.14. The van der Waals surface area contributed by atoms with Crippen LogP contribution < -0.4 is 10.1 Å². The van der Waals surface area contributed by atoms with Crippen molar-refractivity contribution in [3.05, 3.63) is 59.7 Å². The maximum absolute atomic E-state index is 12.1. The van der Waals surface area contributed by atoms with E-state index in [4.69, 9.17) is 4.74 Å². The lowest BCUT2D eigenvalue weighted by atomic mass is 10.2. The maximum atomic E-state index is 12.1. The number of nitrogens with one attached hydrogen (secondary N) is 1. The summed E-state index contributed by atoms with van der Waals surface area (Å²) < 4.78 is 5.64. The lowest BCUT2D eigenvalue weighted by molar-refractivity contribution is -0.122. The minimum Gasteiger partial charge on any atom is -0.481 e. The number of carbonyl (C=O) groups excluding carboxylic acids is 1. The Morgan fingerprint density at radius 2 is 1.75 bits per heavy atom. The molecule has 0 saturated heterocycles. The van der Waals surface area contributed by atoms with Gasteiger partial charge in [-0.15, -0.1) is 0 Å². The van der Waals surface area contributed by atoms with Gasteiger partial charge in [-0.3, -0.25) is 4.79 Å². The van der Waals surface area contributed by atoms with Gasteiger partial charge in [0.05, 0.1) is 0 Å². The second kappa shape index (κ2) is 6.24. The van der Waals surface area contributed by atoms with Crippen LogP contribution in [-0.4, -0.2) is 12.0 Å². The zero-order valence-corrected chi connectivity index (χ0v) is 12.0. The summed E-state index contributed by atoms with van der Waals surface area (Å²) in [6, 6.07) is 15.3. The van der Waals surface area contributed by atoms with Crippen molar-refractivity contribution in [3.63, 3.8) is 0 Å². The lowest BCUT2D eigenvalue weighted by Crippen LogP contribution is -2.30. The fraction of sp³-hybridized carbons (Fsp3) is 0.235. The number of rotatable bonds is 4. The Morgan fingerprint density at radius 3 is 2.40 bits per heavy atom. The first-order valence-corrected chi connectivity index (χ1v) is 6.65. The first-order chi connectivity index (χ1) is 9.54. The normalized spacial score (nSPS) is 11.8. The van der Waals surface area contributed by atoms with Crippen LogP contribution in [0.15, 0.2) is 48.5 Å². The molecule has 2 aromatic rings. The zero-order chi connectivity index (χ0) is 14.5. The first kappa shape index (κ1) is 14.1. The first-order valence-electron chi connectivity index (χ1n) is 6.65. The molecule has 3 nitrogen and oxygen atoms in total. The molecule has 0 bridgehead atoms. The Kier molecular flexibility index (Phi) is 4.41. The van der Waals surface area contributed by atoms with Crippen LogP contribution in [0.5, 0.6) is 5.75 Å². The molecule has 1 atom stereocenters. The Balaban J connectivity index is 1.96. The van der Waals surface area contributed by atoms with Gasteiger partial charge in [0.25, 0.3) is 5.91 Å². The molecular formula is C17H19NO2. The lowest BCUT2D eigenvalue weighted by Gasteiger charge is -2.15. The summed E-state index contributed by atoms with van der Waals surface area (Å²) in [5.41, 5.74) is 3.04. The summed E-state index contributed by atoms with van der Waals surface area (Å²) >= 11 is 0. The number of hydrogen-bond donors (Lipinski definition) is 1. The third kappa shape index (κ3) is 3.85. The maximum Gasteiger partial charge on any atom is 0.265 e. The fourth-order valence-electron chi connectivity index (χ4n) is 1.83. The van der Waals surface area contributed by atoms with Crippen LogP contribution in [0.25, 0.3) is 0 Å². The van der Waals surface area contributed by atoms with Gasteiger partial charge in [0, 0.05) is 5.69 Å². The van der Waals surface area contributed by atoms with Crippen molar-refractivity contribution in [2.75, 3.05) is 5.32 Å². The van der Waals surface area contributed by atoms with E-state index in [1.807, 2.05) is 62.4 Å².